The summed E-state index contributed by atoms with van der Waals surface area (Å²) in [5.41, 5.74) is 0.235. The number of aliphatic hydroxyl groups is 1. The molecule has 15 heavy (non-hydrogen) atoms. The van der Waals surface area contributed by atoms with Gasteiger partial charge in [0, 0.05) is 19.2 Å². The zero-order chi connectivity index (χ0) is 11.3. The smallest absolute Gasteiger partial charge is 0.0436 e. The zero-order valence-electron chi connectivity index (χ0n) is 10.6. The second-order valence-electron chi connectivity index (χ2n) is 5.80. The van der Waals surface area contributed by atoms with Crippen molar-refractivity contribution in [2.45, 2.75) is 58.9 Å². The van der Waals surface area contributed by atoms with Crippen molar-refractivity contribution >= 4 is 0 Å². The topological polar surface area (TPSA) is 32.3 Å². The SMILES string of the molecule is CCC1CCC(NCC(C)(C)CCO)C1. The Kier molecular flexibility index (Phi) is 5.07. The van der Waals surface area contributed by atoms with E-state index in [1.807, 2.05) is 0 Å². The zero-order valence-corrected chi connectivity index (χ0v) is 10.6. The summed E-state index contributed by atoms with van der Waals surface area (Å²) < 4.78 is 0. The summed E-state index contributed by atoms with van der Waals surface area (Å²) in [6.07, 6.45) is 6.32. The molecule has 90 valence electrons. The number of hydrogen-bond donors (Lipinski definition) is 2. The lowest BCUT2D eigenvalue weighted by atomic mass is 9.89. The average Bonchev–Trinajstić information content (AvgIpc) is 2.62. The first-order chi connectivity index (χ1) is 7.07. The van der Waals surface area contributed by atoms with E-state index in [2.05, 4.69) is 26.1 Å². The summed E-state index contributed by atoms with van der Waals surface area (Å²) in [6, 6.07) is 0.730. The molecule has 2 N–H and O–H groups in total. The van der Waals surface area contributed by atoms with E-state index in [1.165, 1.54) is 25.7 Å². The van der Waals surface area contributed by atoms with Crippen LogP contribution in [0.4, 0.5) is 0 Å². The maximum Gasteiger partial charge on any atom is 0.0436 e. The Bertz CT molecular complexity index is 179. The standard InChI is InChI=1S/C13H27NO/c1-4-11-5-6-12(9-11)14-10-13(2,3)7-8-15/h11-12,14-15H,4-10H2,1-3H3. The number of aliphatic hydroxyl groups excluding tert-OH is 1. The van der Waals surface area contributed by atoms with E-state index in [4.69, 9.17) is 5.11 Å². The third-order valence-electron chi connectivity index (χ3n) is 3.78. The van der Waals surface area contributed by atoms with Gasteiger partial charge in [0.25, 0.3) is 0 Å². The van der Waals surface area contributed by atoms with Crippen LogP contribution in [0.5, 0.6) is 0 Å². The second kappa shape index (κ2) is 5.86. The molecular weight excluding hydrogens is 186 g/mol. The molecule has 1 aliphatic carbocycles. The van der Waals surface area contributed by atoms with Crippen molar-refractivity contribution in [3.8, 4) is 0 Å². The Morgan fingerprint density at radius 3 is 2.60 bits per heavy atom. The van der Waals surface area contributed by atoms with E-state index >= 15 is 0 Å². The highest BCUT2D eigenvalue weighted by molar-refractivity contribution is 4.82. The molecule has 0 aromatic carbocycles. The maximum atomic E-state index is 8.95. The van der Waals surface area contributed by atoms with Crippen LogP contribution in [0.3, 0.4) is 0 Å². The van der Waals surface area contributed by atoms with Crippen molar-refractivity contribution in [2.75, 3.05) is 13.2 Å². The quantitative estimate of drug-likeness (QED) is 0.711. The van der Waals surface area contributed by atoms with E-state index in [1.54, 1.807) is 0 Å². The molecule has 0 aliphatic heterocycles. The number of rotatable bonds is 6. The van der Waals surface area contributed by atoms with Gasteiger partial charge in [-0.3, -0.25) is 0 Å². The second-order valence-corrected chi connectivity index (χ2v) is 5.80. The highest BCUT2D eigenvalue weighted by Gasteiger charge is 2.25. The van der Waals surface area contributed by atoms with Crippen LogP contribution in [0.25, 0.3) is 0 Å². The number of hydrogen-bond acceptors (Lipinski definition) is 2. The molecule has 2 unspecified atom stereocenters. The van der Waals surface area contributed by atoms with Crippen molar-refractivity contribution in [3.05, 3.63) is 0 Å². The van der Waals surface area contributed by atoms with Crippen LogP contribution >= 0.6 is 0 Å². The van der Waals surface area contributed by atoms with Crippen LogP contribution in [0.2, 0.25) is 0 Å². The third kappa shape index (κ3) is 4.52. The monoisotopic (exact) mass is 213 g/mol. The summed E-state index contributed by atoms with van der Waals surface area (Å²) in [7, 11) is 0. The summed E-state index contributed by atoms with van der Waals surface area (Å²) in [6.45, 7) is 8.08. The van der Waals surface area contributed by atoms with Gasteiger partial charge in [-0.2, -0.15) is 0 Å². The Morgan fingerprint density at radius 2 is 2.07 bits per heavy atom. The molecule has 0 spiro atoms. The van der Waals surface area contributed by atoms with Gasteiger partial charge < -0.3 is 10.4 Å². The van der Waals surface area contributed by atoms with Gasteiger partial charge in [0.05, 0.1) is 0 Å². The first-order valence-electron chi connectivity index (χ1n) is 6.41. The molecule has 1 saturated carbocycles. The first kappa shape index (κ1) is 13.0. The molecule has 2 heteroatoms. The molecule has 0 saturated heterocycles. The van der Waals surface area contributed by atoms with Crippen LogP contribution in [0, 0.1) is 11.3 Å². The van der Waals surface area contributed by atoms with Crippen LogP contribution in [-0.4, -0.2) is 24.3 Å². The van der Waals surface area contributed by atoms with Gasteiger partial charge in [0.1, 0.15) is 0 Å². The molecule has 1 fully saturated rings. The Hall–Kier alpha value is -0.0800. The van der Waals surface area contributed by atoms with Crippen molar-refractivity contribution in [3.63, 3.8) is 0 Å². The molecule has 2 nitrogen and oxygen atoms in total. The minimum Gasteiger partial charge on any atom is -0.396 e. The van der Waals surface area contributed by atoms with Gasteiger partial charge in [-0.15, -0.1) is 0 Å². The summed E-state index contributed by atoms with van der Waals surface area (Å²) in [5.74, 6) is 0.948. The molecule has 1 rings (SSSR count). The van der Waals surface area contributed by atoms with Gasteiger partial charge in [-0.05, 0) is 37.0 Å². The van der Waals surface area contributed by atoms with Crippen molar-refractivity contribution in [1.29, 1.82) is 0 Å². The van der Waals surface area contributed by atoms with E-state index in [9.17, 15) is 0 Å². The predicted octanol–water partition coefficient (Wildman–Crippen LogP) is 2.56. The minimum atomic E-state index is 0.235. The molecule has 0 bridgehead atoms. The van der Waals surface area contributed by atoms with Crippen molar-refractivity contribution in [1.82, 2.24) is 5.32 Å². The van der Waals surface area contributed by atoms with E-state index < -0.39 is 0 Å². The highest BCUT2D eigenvalue weighted by atomic mass is 16.3. The molecule has 2 atom stereocenters. The third-order valence-corrected chi connectivity index (χ3v) is 3.78. The fourth-order valence-electron chi connectivity index (χ4n) is 2.44. The van der Waals surface area contributed by atoms with E-state index in [0.717, 1.165) is 24.9 Å². The summed E-state index contributed by atoms with van der Waals surface area (Å²) in [4.78, 5) is 0. The first-order valence-corrected chi connectivity index (χ1v) is 6.41. The van der Waals surface area contributed by atoms with Gasteiger partial charge >= 0.3 is 0 Å². The van der Waals surface area contributed by atoms with Crippen LogP contribution in [0.1, 0.15) is 52.9 Å². The van der Waals surface area contributed by atoms with Crippen LogP contribution < -0.4 is 5.32 Å². The Morgan fingerprint density at radius 1 is 1.33 bits per heavy atom. The van der Waals surface area contributed by atoms with Crippen LogP contribution in [0.15, 0.2) is 0 Å². The molecule has 1 aliphatic rings. The molecule has 0 amide bonds. The lowest BCUT2D eigenvalue weighted by Crippen LogP contribution is -2.36. The van der Waals surface area contributed by atoms with E-state index in [-0.39, 0.29) is 5.41 Å². The van der Waals surface area contributed by atoms with Gasteiger partial charge in [-0.25, -0.2) is 0 Å². The normalized spacial score (nSPS) is 27.2. The summed E-state index contributed by atoms with van der Waals surface area (Å²) in [5, 5.41) is 12.6. The largest absolute Gasteiger partial charge is 0.396 e. The predicted molar refractivity (Wildman–Crippen MR) is 64.9 cm³/mol. The summed E-state index contributed by atoms with van der Waals surface area (Å²) >= 11 is 0. The minimum absolute atomic E-state index is 0.235. The molecular formula is C13H27NO. The number of nitrogens with one attached hydrogen (secondary N) is 1. The Labute approximate surface area is 94.5 Å². The molecule has 0 radical (unpaired) electrons. The Balaban J connectivity index is 2.20. The highest BCUT2D eigenvalue weighted by Crippen LogP contribution is 2.28. The fourth-order valence-corrected chi connectivity index (χ4v) is 2.44. The van der Waals surface area contributed by atoms with Gasteiger partial charge in [-0.1, -0.05) is 27.2 Å². The van der Waals surface area contributed by atoms with Crippen molar-refractivity contribution < 1.29 is 5.11 Å². The average molecular weight is 213 g/mol. The maximum absolute atomic E-state index is 8.95. The molecule has 0 aromatic heterocycles. The van der Waals surface area contributed by atoms with Gasteiger partial charge in [0.15, 0.2) is 0 Å². The molecule has 0 heterocycles. The lowest BCUT2D eigenvalue weighted by molar-refractivity contribution is 0.202. The lowest BCUT2D eigenvalue weighted by Gasteiger charge is -2.26. The van der Waals surface area contributed by atoms with Gasteiger partial charge in [0.2, 0.25) is 0 Å². The molecule has 0 aromatic rings. The van der Waals surface area contributed by atoms with Crippen molar-refractivity contribution in [2.24, 2.45) is 11.3 Å². The fraction of sp³-hybridized carbons (Fsp3) is 1.00. The van der Waals surface area contributed by atoms with Crippen LogP contribution in [-0.2, 0) is 0 Å². The van der Waals surface area contributed by atoms with E-state index in [0.29, 0.717) is 6.61 Å².